The Balaban J connectivity index is 2.02. The average molecular weight is 315 g/mol. The summed E-state index contributed by atoms with van der Waals surface area (Å²) >= 11 is 1.38. The predicted octanol–water partition coefficient (Wildman–Crippen LogP) is 1.71. The first kappa shape index (κ1) is 14.3. The van der Waals surface area contributed by atoms with Crippen LogP contribution in [0.25, 0.3) is 17.1 Å². The lowest BCUT2D eigenvalue weighted by Gasteiger charge is -2.01. The summed E-state index contributed by atoms with van der Waals surface area (Å²) < 4.78 is 0. The van der Waals surface area contributed by atoms with Gasteiger partial charge in [-0.05, 0) is 18.4 Å². The zero-order chi connectivity index (χ0) is 15.7. The van der Waals surface area contributed by atoms with E-state index >= 15 is 0 Å². The predicted molar refractivity (Wildman–Crippen MR) is 87.5 cm³/mol. The average Bonchev–Trinajstić information content (AvgIpc) is 3.03. The molecule has 1 aliphatic heterocycles. The quantitative estimate of drug-likeness (QED) is 0.735. The third kappa shape index (κ3) is 2.73. The second-order valence-corrected chi connectivity index (χ2v) is 5.45. The van der Waals surface area contributed by atoms with E-state index in [1.165, 1.54) is 18.7 Å². The van der Waals surface area contributed by atoms with Crippen molar-refractivity contribution < 1.29 is 9.59 Å². The molecule has 0 bridgehead atoms. The zero-order valence-corrected chi connectivity index (χ0v) is 12.7. The molecule has 7 nitrogen and oxygen atoms in total. The molecule has 2 amide bonds. The van der Waals surface area contributed by atoms with Crippen LogP contribution in [0, 0.1) is 0 Å². The van der Waals surface area contributed by atoms with Gasteiger partial charge in [-0.1, -0.05) is 11.8 Å². The molecule has 3 heterocycles. The Morgan fingerprint density at radius 1 is 1.45 bits per heavy atom. The summed E-state index contributed by atoms with van der Waals surface area (Å²) in [5.41, 5.74) is 2.40. The van der Waals surface area contributed by atoms with Gasteiger partial charge < -0.3 is 10.3 Å². The number of aliphatic imine (C=N–C) groups is 1. The number of aromatic amines is 1. The van der Waals surface area contributed by atoms with Crippen LogP contribution in [-0.2, 0) is 9.59 Å². The molecule has 2 aromatic rings. The molecule has 0 aliphatic carbocycles. The number of nitrogens with one attached hydrogen (secondary N) is 3. The van der Waals surface area contributed by atoms with Gasteiger partial charge >= 0.3 is 0 Å². The minimum atomic E-state index is -0.232. The lowest BCUT2D eigenvalue weighted by molar-refractivity contribution is -0.116. The van der Waals surface area contributed by atoms with E-state index < -0.39 is 0 Å². The van der Waals surface area contributed by atoms with Crippen LogP contribution in [0.15, 0.2) is 29.1 Å². The molecule has 0 unspecified atom stereocenters. The molecule has 0 saturated heterocycles. The number of anilines is 1. The molecular formula is C14H13N5O2S. The fourth-order valence-electron chi connectivity index (χ4n) is 2.11. The highest BCUT2D eigenvalue weighted by Crippen LogP contribution is 2.24. The second kappa shape index (κ2) is 5.64. The maximum Gasteiger partial charge on any atom is 0.275 e. The molecule has 3 N–H and O–H groups in total. The third-order valence-corrected chi connectivity index (χ3v) is 3.62. The maximum absolute atomic E-state index is 11.8. The third-order valence-electron chi connectivity index (χ3n) is 3.04. The molecular weight excluding hydrogens is 302 g/mol. The first-order valence-electron chi connectivity index (χ1n) is 6.47. The van der Waals surface area contributed by atoms with Gasteiger partial charge in [-0.25, -0.2) is 9.98 Å². The van der Waals surface area contributed by atoms with Crippen molar-refractivity contribution in [1.29, 1.82) is 0 Å². The zero-order valence-electron chi connectivity index (χ0n) is 11.9. The number of fused-ring (bicyclic) bond motifs is 1. The van der Waals surface area contributed by atoms with Crippen LogP contribution in [0.5, 0.6) is 0 Å². The smallest absolute Gasteiger partial charge is 0.275 e. The number of rotatable bonds is 2. The van der Waals surface area contributed by atoms with Crippen LogP contribution in [0.2, 0.25) is 0 Å². The van der Waals surface area contributed by atoms with E-state index in [4.69, 9.17) is 0 Å². The summed E-state index contributed by atoms with van der Waals surface area (Å²) in [5.74, 6) is -0.398. The summed E-state index contributed by atoms with van der Waals surface area (Å²) in [4.78, 5) is 34.4. The van der Waals surface area contributed by atoms with Gasteiger partial charge in [0.1, 0.15) is 11.3 Å². The molecule has 8 heteroatoms. The van der Waals surface area contributed by atoms with Gasteiger partial charge in [0.05, 0.1) is 11.9 Å². The number of nitrogens with zero attached hydrogens (tertiary/aromatic N) is 2. The molecule has 0 saturated carbocycles. The van der Waals surface area contributed by atoms with Gasteiger partial charge in [0.25, 0.3) is 5.91 Å². The van der Waals surface area contributed by atoms with Crippen LogP contribution in [-0.4, -0.2) is 33.2 Å². The minimum absolute atomic E-state index is 0.166. The van der Waals surface area contributed by atoms with Gasteiger partial charge in [-0.15, -0.1) is 0 Å². The maximum atomic E-state index is 11.8. The van der Waals surface area contributed by atoms with Crippen molar-refractivity contribution in [1.82, 2.24) is 15.3 Å². The van der Waals surface area contributed by atoms with Crippen molar-refractivity contribution in [2.24, 2.45) is 4.99 Å². The number of carbonyl (C=O) groups is 2. The molecule has 0 spiro atoms. The molecule has 0 atom stereocenters. The molecule has 3 rings (SSSR count). The number of pyridine rings is 1. The molecule has 0 radical (unpaired) electrons. The molecule has 2 aromatic heterocycles. The summed E-state index contributed by atoms with van der Waals surface area (Å²) in [6.45, 7) is 1.44. The van der Waals surface area contributed by atoms with Crippen LogP contribution >= 0.6 is 11.8 Å². The van der Waals surface area contributed by atoms with Gasteiger partial charge in [0, 0.05) is 24.1 Å². The Labute approximate surface area is 130 Å². The number of thioether (sulfide) groups is 1. The lowest BCUT2D eigenvalue weighted by Crippen LogP contribution is -2.21. The summed E-state index contributed by atoms with van der Waals surface area (Å²) in [5, 5.41) is 6.74. The summed E-state index contributed by atoms with van der Waals surface area (Å²) in [7, 11) is 0. The molecule has 112 valence electrons. The Hall–Kier alpha value is -2.61. The standard InChI is InChI=1S/C14H13N5O2S/c1-7(20)17-9-4-10-8(5-15-12(10)16-6-9)3-11-13(21)19-14(18-11)22-2/h3-6H,1-2H3,(H,15,16)(H,17,20)(H,18,19,21). The molecule has 0 aromatic carbocycles. The van der Waals surface area contributed by atoms with E-state index in [1.807, 2.05) is 6.26 Å². The summed E-state index contributed by atoms with van der Waals surface area (Å²) in [6.07, 6.45) is 6.86. The van der Waals surface area contributed by atoms with Crippen LogP contribution in [0.1, 0.15) is 12.5 Å². The normalized spacial score (nSPS) is 16.0. The fraction of sp³-hybridized carbons (Fsp3) is 0.143. The number of hydrogen-bond acceptors (Lipinski definition) is 5. The van der Waals surface area contributed by atoms with E-state index in [9.17, 15) is 9.59 Å². The van der Waals surface area contributed by atoms with E-state index in [0.29, 0.717) is 22.2 Å². The second-order valence-electron chi connectivity index (χ2n) is 4.65. The van der Waals surface area contributed by atoms with Gasteiger partial charge in [-0.2, -0.15) is 0 Å². The highest BCUT2D eigenvalue weighted by Gasteiger charge is 2.19. The topological polar surface area (TPSA) is 99.2 Å². The van der Waals surface area contributed by atoms with Crippen LogP contribution in [0.3, 0.4) is 0 Å². The van der Waals surface area contributed by atoms with Crippen LogP contribution < -0.4 is 10.6 Å². The highest BCUT2D eigenvalue weighted by molar-refractivity contribution is 8.13. The molecule has 22 heavy (non-hydrogen) atoms. The van der Waals surface area contributed by atoms with Crippen LogP contribution in [0.4, 0.5) is 5.69 Å². The minimum Gasteiger partial charge on any atom is -0.346 e. The van der Waals surface area contributed by atoms with E-state index in [-0.39, 0.29) is 11.8 Å². The van der Waals surface area contributed by atoms with E-state index in [0.717, 1.165) is 10.9 Å². The van der Waals surface area contributed by atoms with Gasteiger partial charge in [-0.3, -0.25) is 14.9 Å². The lowest BCUT2D eigenvalue weighted by atomic mass is 10.2. The SMILES string of the molecule is CSC1=NC(=Cc2c[nH]c3ncc(NC(C)=O)cc23)C(=O)N1. The first-order valence-corrected chi connectivity index (χ1v) is 7.70. The van der Waals surface area contributed by atoms with Gasteiger partial charge in [0.2, 0.25) is 5.91 Å². The monoisotopic (exact) mass is 315 g/mol. The van der Waals surface area contributed by atoms with Crippen molar-refractivity contribution in [3.63, 3.8) is 0 Å². The number of H-pyrrole nitrogens is 1. The van der Waals surface area contributed by atoms with Gasteiger partial charge in [0.15, 0.2) is 5.17 Å². The van der Waals surface area contributed by atoms with E-state index in [1.54, 1.807) is 24.5 Å². The summed E-state index contributed by atoms with van der Waals surface area (Å²) in [6, 6.07) is 1.80. The van der Waals surface area contributed by atoms with Crippen molar-refractivity contribution >= 4 is 51.5 Å². The largest absolute Gasteiger partial charge is 0.346 e. The highest BCUT2D eigenvalue weighted by atomic mass is 32.2. The Morgan fingerprint density at radius 3 is 2.95 bits per heavy atom. The molecule has 0 fully saturated rings. The Morgan fingerprint density at radius 2 is 2.27 bits per heavy atom. The molecule has 1 aliphatic rings. The fourth-order valence-corrected chi connectivity index (χ4v) is 2.49. The van der Waals surface area contributed by atoms with E-state index in [2.05, 4.69) is 25.6 Å². The van der Waals surface area contributed by atoms with Crippen molar-refractivity contribution in [3.8, 4) is 0 Å². The Kier molecular flexibility index (Phi) is 3.68. The number of hydrogen-bond donors (Lipinski definition) is 3. The number of aromatic nitrogens is 2. The Bertz CT molecular complexity index is 837. The van der Waals surface area contributed by atoms with Crippen molar-refractivity contribution in [3.05, 3.63) is 29.7 Å². The number of amides is 2. The first-order chi connectivity index (χ1) is 10.6. The number of carbonyl (C=O) groups excluding carboxylic acids is 2. The van der Waals surface area contributed by atoms with Crippen molar-refractivity contribution in [2.45, 2.75) is 6.92 Å². The number of amidine groups is 1. The van der Waals surface area contributed by atoms with Crippen molar-refractivity contribution in [2.75, 3.05) is 11.6 Å².